The Morgan fingerprint density at radius 3 is 2.04 bits per heavy atom. The molecule has 3 nitrogen and oxygen atoms in total. The summed E-state index contributed by atoms with van der Waals surface area (Å²) in [6.07, 6.45) is 1.04. The first-order chi connectivity index (χ1) is 12.5. The highest BCUT2D eigenvalue weighted by Crippen LogP contribution is 2.37. The van der Waals surface area contributed by atoms with Crippen LogP contribution in [0, 0.1) is 0 Å². The Morgan fingerprint density at radius 2 is 1.50 bits per heavy atom. The van der Waals surface area contributed by atoms with E-state index < -0.39 is 0 Å². The van der Waals surface area contributed by atoms with Gasteiger partial charge in [0.05, 0.1) is 14.2 Å². The number of hydrogen-bond donors (Lipinski definition) is 0. The first-order valence-corrected chi connectivity index (χ1v) is 9.50. The number of hydrogen-bond acceptors (Lipinski definition) is 3. The van der Waals surface area contributed by atoms with Gasteiger partial charge in [0.15, 0.2) is 0 Å². The molecule has 0 aliphatic heterocycles. The molecule has 3 heteroatoms. The molecule has 0 N–H and O–H groups in total. The second-order valence-corrected chi connectivity index (χ2v) is 7.29. The molecule has 1 unspecified atom stereocenters. The lowest BCUT2D eigenvalue weighted by molar-refractivity contribution is 0.170. The van der Waals surface area contributed by atoms with Gasteiger partial charge in [-0.25, -0.2) is 0 Å². The van der Waals surface area contributed by atoms with Crippen LogP contribution >= 0.6 is 0 Å². The summed E-state index contributed by atoms with van der Waals surface area (Å²) in [4.78, 5) is 2.55. The fourth-order valence-electron chi connectivity index (χ4n) is 3.68. The van der Waals surface area contributed by atoms with E-state index in [1.807, 2.05) is 12.1 Å². The largest absolute Gasteiger partial charge is 0.497 e. The van der Waals surface area contributed by atoms with E-state index in [0.29, 0.717) is 12.1 Å². The van der Waals surface area contributed by atoms with Crippen LogP contribution in [-0.4, -0.2) is 37.7 Å². The smallest absolute Gasteiger partial charge is 0.126 e. The second kappa shape index (κ2) is 9.63. The third-order valence-corrected chi connectivity index (χ3v) is 5.02. The second-order valence-electron chi connectivity index (χ2n) is 7.29. The van der Waals surface area contributed by atoms with E-state index in [2.05, 4.69) is 69.0 Å². The Labute approximate surface area is 158 Å². The van der Waals surface area contributed by atoms with Crippen LogP contribution in [0.1, 0.15) is 51.2 Å². The van der Waals surface area contributed by atoms with E-state index in [4.69, 9.17) is 9.47 Å². The zero-order chi connectivity index (χ0) is 19.1. The molecule has 0 spiro atoms. The standard InChI is InChI=1S/C23H33NO2/c1-17(2)24(18(3)4)15-14-21(19-10-8-7-9-11-19)22-13-12-20(25-5)16-23(22)26-6/h7-13,16-18,21H,14-15H2,1-6H3. The third-order valence-electron chi connectivity index (χ3n) is 5.02. The molecule has 0 radical (unpaired) electrons. The number of ether oxygens (including phenoxy) is 2. The molecule has 0 saturated heterocycles. The van der Waals surface area contributed by atoms with Gasteiger partial charge in [0, 0.05) is 29.6 Å². The molecule has 2 aromatic carbocycles. The van der Waals surface area contributed by atoms with E-state index in [9.17, 15) is 0 Å². The van der Waals surface area contributed by atoms with Crippen molar-refractivity contribution in [2.24, 2.45) is 0 Å². The number of benzene rings is 2. The summed E-state index contributed by atoms with van der Waals surface area (Å²) < 4.78 is 11.1. The molecule has 142 valence electrons. The first-order valence-electron chi connectivity index (χ1n) is 9.50. The fraction of sp³-hybridized carbons (Fsp3) is 0.478. The molecular formula is C23H33NO2. The minimum absolute atomic E-state index is 0.289. The van der Waals surface area contributed by atoms with E-state index in [1.165, 1.54) is 11.1 Å². The summed E-state index contributed by atoms with van der Waals surface area (Å²) in [5.74, 6) is 2.00. The van der Waals surface area contributed by atoms with Gasteiger partial charge in [0.2, 0.25) is 0 Å². The zero-order valence-corrected chi connectivity index (χ0v) is 17.0. The molecule has 0 bridgehead atoms. The van der Waals surface area contributed by atoms with Gasteiger partial charge in [-0.05, 0) is 52.3 Å². The monoisotopic (exact) mass is 355 g/mol. The van der Waals surface area contributed by atoms with Crippen LogP contribution in [0.4, 0.5) is 0 Å². The van der Waals surface area contributed by atoms with Crippen LogP contribution in [0.2, 0.25) is 0 Å². The van der Waals surface area contributed by atoms with Gasteiger partial charge in [-0.15, -0.1) is 0 Å². The maximum atomic E-state index is 5.70. The third kappa shape index (κ3) is 5.01. The highest BCUT2D eigenvalue weighted by atomic mass is 16.5. The Morgan fingerprint density at radius 1 is 0.846 bits per heavy atom. The van der Waals surface area contributed by atoms with Crippen LogP contribution < -0.4 is 9.47 Å². The van der Waals surface area contributed by atoms with E-state index >= 15 is 0 Å². The van der Waals surface area contributed by atoms with Crippen LogP contribution in [0.5, 0.6) is 11.5 Å². The minimum atomic E-state index is 0.289. The maximum absolute atomic E-state index is 5.70. The topological polar surface area (TPSA) is 21.7 Å². The lowest BCUT2D eigenvalue weighted by Gasteiger charge is -2.32. The van der Waals surface area contributed by atoms with Crippen molar-refractivity contribution in [1.82, 2.24) is 4.90 Å². The Balaban J connectivity index is 2.37. The maximum Gasteiger partial charge on any atom is 0.126 e. The van der Waals surface area contributed by atoms with E-state index in [1.54, 1.807) is 14.2 Å². The van der Waals surface area contributed by atoms with Gasteiger partial charge in [0.25, 0.3) is 0 Å². The summed E-state index contributed by atoms with van der Waals surface area (Å²) >= 11 is 0. The molecule has 0 aliphatic rings. The SMILES string of the molecule is COc1ccc(C(CCN(C(C)C)C(C)C)c2ccccc2)c(OC)c1. The first kappa shape index (κ1) is 20.3. The molecule has 2 rings (SSSR count). The highest BCUT2D eigenvalue weighted by Gasteiger charge is 2.22. The highest BCUT2D eigenvalue weighted by molar-refractivity contribution is 5.46. The molecule has 0 aliphatic carbocycles. The lowest BCUT2D eigenvalue weighted by atomic mass is 9.87. The van der Waals surface area contributed by atoms with Crippen LogP contribution in [0.3, 0.4) is 0 Å². The van der Waals surface area contributed by atoms with Gasteiger partial charge in [-0.3, -0.25) is 4.90 Å². The van der Waals surface area contributed by atoms with Crippen molar-refractivity contribution in [2.45, 2.75) is 52.1 Å². The molecule has 2 aromatic rings. The molecule has 0 heterocycles. The summed E-state index contributed by atoms with van der Waals surface area (Å²) in [5.41, 5.74) is 2.54. The van der Waals surface area contributed by atoms with Crippen molar-refractivity contribution >= 4 is 0 Å². The predicted molar refractivity (Wildman–Crippen MR) is 109 cm³/mol. The number of nitrogens with zero attached hydrogens (tertiary/aromatic N) is 1. The minimum Gasteiger partial charge on any atom is -0.497 e. The molecule has 0 fully saturated rings. The quantitative estimate of drug-likeness (QED) is 0.605. The molecule has 0 amide bonds. The molecular weight excluding hydrogens is 322 g/mol. The Kier molecular flexibility index (Phi) is 7.52. The molecule has 0 saturated carbocycles. The van der Waals surface area contributed by atoms with Gasteiger partial charge >= 0.3 is 0 Å². The van der Waals surface area contributed by atoms with Gasteiger partial charge < -0.3 is 9.47 Å². The summed E-state index contributed by atoms with van der Waals surface area (Å²) in [5, 5.41) is 0. The zero-order valence-electron chi connectivity index (χ0n) is 17.0. The molecule has 0 aromatic heterocycles. The number of methoxy groups -OCH3 is 2. The Hall–Kier alpha value is -2.00. The van der Waals surface area contributed by atoms with E-state index in [0.717, 1.165) is 24.5 Å². The lowest BCUT2D eigenvalue weighted by Crippen LogP contribution is -2.38. The number of rotatable bonds is 9. The Bertz CT molecular complexity index is 659. The normalized spacial score (nSPS) is 12.7. The van der Waals surface area contributed by atoms with Crippen molar-refractivity contribution < 1.29 is 9.47 Å². The average molecular weight is 356 g/mol. The van der Waals surface area contributed by atoms with Crippen LogP contribution in [-0.2, 0) is 0 Å². The van der Waals surface area contributed by atoms with Gasteiger partial charge in [-0.2, -0.15) is 0 Å². The van der Waals surface area contributed by atoms with E-state index in [-0.39, 0.29) is 5.92 Å². The van der Waals surface area contributed by atoms with Crippen molar-refractivity contribution in [1.29, 1.82) is 0 Å². The summed E-state index contributed by atoms with van der Waals surface area (Å²) in [7, 11) is 3.42. The molecule has 26 heavy (non-hydrogen) atoms. The van der Waals surface area contributed by atoms with Crippen molar-refractivity contribution in [3.8, 4) is 11.5 Å². The van der Waals surface area contributed by atoms with Crippen LogP contribution in [0.15, 0.2) is 48.5 Å². The average Bonchev–Trinajstić information content (AvgIpc) is 2.65. The van der Waals surface area contributed by atoms with Gasteiger partial charge in [-0.1, -0.05) is 36.4 Å². The fourth-order valence-corrected chi connectivity index (χ4v) is 3.68. The van der Waals surface area contributed by atoms with Crippen LogP contribution in [0.25, 0.3) is 0 Å². The van der Waals surface area contributed by atoms with Gasteiger partial charge in [0.1, 0.15) is 11.5 Å². The summed E-state index contributed by atoms with van der Waals surface area (Å²) in [6.45, 7) is 10.1. The van der Waals surface area contributed by atoms with Crippen molar-refractivity contribution in [3.05, 3.63) is 59.7 Å². The summed E-state index contributed by atoms with van der Waals surface area (Å²) in [6, 6.07) is 17.9. The molecule has 1 atom stereocenters. The predicted octanol–water partition coefficient (Wildman–Crippen LogP) is 5.34. The van der Waals surface area contributed by atoms with Crippen molar-refractivity contribution in [3.63, 3.8) is 0 Å². The van der Waals surface area contributed by atoms with Crippen molar-refractivity contribution in [2.75, 3.05) is 20.8 Å².